The zero-order chi connectivity index (χ0) is 21.0. The monoisotopic (exact) mass is 429 g/mol. The summed E-state index contributed by atoms with van der Waals surface area (Å²) in [5, 5.41) is 9.37. The molecule has 0 bridgehead atoms. The summed E-state index contributed by atoms with van der Waals surface area (Å²) in [7, 11) is 1.66. The third kappa shape index (κ3) is 4.08. The van der Waals surface area contributed by atoms with E-state index >= 15 is 0 Å². The summed E-state index contributed by atoms with van der Waals surface area (Å²) in [4.78, 5) is 4.83. The van der Waals surface area contributed by atoms with Gasteiger partial charge in [-0.05, 0) is 60.2 Å². The van der Waals surface area contributed by atoms with Gasteiger partial charge in [0.1, 0.15) is 5.75 Å². The van der Waals surface area contributed by atoms with Crippen molar-refractivity contribution in [2.75, 3.05) is 18.9 Å². The first-order valence-electron chi connectivity index (χ1n) is 9.69. The highest BCUT2D eigenvalue weighted by Gasteiger charge is 2.15. The standard InChI is InChI=1S/C24H19N3O3S/c1-28-20-10-8-18(9-11-20)21-15-31-24(26-21)27(19-5-3-2-4-6-19)25-14-17-7-12-22-23(13-17)30-16-29-22/h2-15H,16H2,1H3. The molecule has 154 valence electrons. The van der Waals surface area contributed by atoms with Crippen molar-refractivity contribution in [3.05, 3.63) is 83.7 Å². The van der Waals surface area contributed by atoms with Crippen LogP contribution in [-0.2, 0) is 0 Å². The zero-order valence-electron chi connectivity index (χ0n) is 16.8. The van der Waals surface area contributed by atoms with Crippen LogP contribution in [0.15, 0.2) is 83.3 Å². The van der Waals surface area contributed by atoms with Crippen LogP contribution < -0.4 is 19.2 Å². The summed E-state index contributed by atoms with van der Waals surface area (Å²) in [6.07, 6.45) is 1.80. The Morgan fingerprint density at radius 2 is 1.81 bits per heavy atom. The van der Waals surface area contributed by atoms with Gasteiger partial charge >= 0.3 is 0 Å². The van der Waals surface area contributed by atoms with Crippen molar-refractivity contribution >= 4 is 28.4 Å². The molecule has 31 heavy (non-hydrogen) atoms. The van der Waals surface area contributed by atoms with Crippen molar-refractivity contribution in [1.82, 2.24) is 4.98 Å². The molecule has 4 aromatic rings. The number of methoxy groups -OCH3 is 1. The van der Waals surface area contributed by atoms with E-state index in [9.17, 15) is 0 Å². The van der Waals surface area contributed by atoms with E-state index in [4.69, 9.17) is 24.3 Å². The van der Waals surface area contributed by atoms with Crippen LogP contribution in [0.2, 0.25) is 0 Å². The predicted molar refractivity (Wildman–Crippen MR) is 123 cm³/mol. The molecule has 0 saturated carbocycles. The van der Waals surface area contributed by atoms with Crippen LogP contribution in [0.1, 0.15) is 5.56 Å². The maximum absolute atomic E-state index is 5.47. The SMILES string of the molecule is COc1ccc(-c2csc(N(N=Cc3ccc4c(c3)OCO4)c3ccccc3)n2)cc1. The lowest BCUT2D eigenvalue weighted by Crippen LogP contribution is -2.09. The maximum atomic E-state index is 5.47. The smallest absolute Gasteiger partial charge is 0.231 e. The molecule has 0 N–H and O–H groups in total. The fraction of sp³-hybridized carbons (Fsp3) is 0.0833. The number of benzene rings is 3. The summed E-state index contributed by atoms with van der Waals surface area (Å²) in [6.45, 7) is 0.249. The molecule has 0 spiro atoms. The lowest BCUT2D eigenvalue weighted by atomic mass is 10.2. The van der Waals surface area contributed by atoms with Crippen molar-refractivity contribution in [1.29, 1.82) is 0 Å². The second-order valence-electron chi connectivity index (χ2n) is 6.75. The molecule has 1 aromatic heterocycles. The third-order valence-corrected chi connectivity index (χ3v) is 5.59. The Morgan fingerprint density at radius 1 is 1.00 bits per heavy atom. The first-order chi connectivity index (χ1) is 15.3. The quantitative estimate of drug-likeness (QED) is 0.290. The molecule has 2 heterocycles. The van der Waals surface area contributed by atoms with Gasteiger partial charge in [0, 0.05) is 10.9 Å². The van der Waals surface area contributed by atoms with Crippen LogP contribution in [-0.4, -0.2) is 25.1 Å². The van der Waals surface area contributed by atoms with E-state index in [-0.39, 0.29) is 6.79 Å². The van der Waals surface area contributed by atoms with E-state index < -0.39 is 0 Å². The van der Waals surface area contributed by atoms with Crippen molar-refractivity contribution in [2.45, 2.75) is 0 Å². The molecule has 0 amide bonds. The van der Waals surface area contributed by atoms with Gasteiger partial charge in [-0.25, -0.2) is 9.99 Å². The molecular weight excluding hydrogens is 410 g/mol. The molecule has 0 radical (unpaired) electrons. The van der Waals surface area contributed by atoms with Gasteiger partial charge in [0.05, 0.1) is 24.7 Å². The van der Waals surface area contributed by atoms with Crippen LogP contribution in [0.4, 0.5) is 10.8 Å². The van der Waals surface area contributed by atoms with Crippen molar-refractivity contribution in [2.24, 2.45) is 5.10 Å². The van der Waals surface area contributed by atoms with Crippen molar-refractivity contribution < 1.29 is 14.2 Å². The minimum Gasteiger partial charge on any atom is -0.497 e. The summed E-state index contributed by atoms with van der Waals surface area (Å²) < 4.78 is 16.1. The van der Waals surface area contributed by atoms with E-state index in [1.807, 2.05) is 83.2 Å². The molecule has 0 aliphatic carbocycles. The van der Waals surface area contributed by atoms with Gasteiger partial charge in [-0.2, -0.15) is 5.10 Å². The third-order valence-electron chi connectivity index (χ3n) is 4.78. The molecule has 1 aliphatic heterocycles. The lowest BCUT2D eigenvalue weighted by Gasteiger charge is -2.15. The fourth-order valence-electron chi connectivity index (χ4n) is 3.17. The van der Waals surface area contributed by atoms with Crippen LogP contribution in [0.3, 0.4) is 0 Å². The Balaban J connectivity index is 1.46. The van der Waals surface area contributed by atoms with Crippen LogP contribution >= 0.6 is 11.3 Å². The predicted octanol–water partition coefficient (Wildman–Crippen LogP) is 5.72. The number of anilines is 2. The Labute approximate surface area is 184 Å². The second kappa shape index (κ2) is 8.49. The number of fused-ring (bicyclic) bond motifs is 1. The lowest BCUT2D eigenvalue weighted by molar-refractivity contribution is 0.174. The van der Waals surface area contributed by atoms with Gasteiger partial charge in [0.2, 0.25) is 11.9 Å². The van der Waals surface area contributed by atoms with Crippen molar-refractivity contribution in [3.63, 3.8) is 0 Å². The first-order valence-corrected chi connectivity index (χ1v) is 10.6. The normalized spacial score (nSPS) is 12.3. The fourth-order valence-corrected chi connectivity index (χ4v) is 3.98. The van der Waals surface area contributed by atoms with Gasteiger partial charge in [0.25, 0.3) is 0 Å². The summed E-state index contributed by atoms with van der Waals surface area (Å²) in [6, 6.07) is 23.6. The molecule has 6 nitrogen and oxygen atoms in total. The van der Waals surface area contributed by atoms with E-state index in [0.29, 0.717) is 0 Å². The van der Waals surface area contributed by atoms with Crippen molar-refractivity contribution in [3.8, 4) is 28.5 Å². The average molecular weight is 430 g/mol. The molecule has 0 saturated heterocycles. The minimum absolute atomic E-state index is 0.249. The van der Waals surface area contributed by atoms with Crippen LogP contribution in [0.5, 0.6) is 17.2 Å². The molecule has 0 atom stereocenters. The minimum atomic E-state index is 0.249. The highest BCUT2D eigenvalue weighted by atomic mass is 32.1. The number of ether oxygens (including phenoxy) is 3. The number of thiazole rings is 1. The van der Waals surface area contributed by atoms with Gasteiger partial charge in [-0.1, -0.05) is 18.2 Å². The molecule has 5 rings (SSSR count). The number of hydrogen-bond acceptors (Lipinski definition) is 7. The summed E-state index contributed by atoms with van der Waals surface area (Å²) >= 11 is 1.54. The number of nitrogens with zero attached hydrogens (tertiary/aromatic N) is 3. The molecule has 7 heteroatoms. The van der Waals surface area contributed by atoms with E-state index in [2.05, 4.69) is 0 Å². The number of rotatable bonds is 6. The van der Waals surface area contributed by atoms with Gasteiger partial charge in [-0.3, -0.25) is 0 Å². The van der Waals surface area contributed by atoms with Gasteiger partial charge in [0.15, 0.2) is 11.5 Å². The van der Waals surface area contributed by atoms with E-state index in [1.54, 1.807) is 13.3 Å². The topological polar surface area (TPSA) is 56.2 Å². The number of hydrogen-bond donors (Lipinski definition) is 0. The largest absolute Gasteiger partial charge is 0.497 e. The molecule has 0 fully saturated rings. The van der Waals surface area contributed by atoms with Crippen LogP contribution in [0, 0.1) is 0 Å². The van der Waals surface area contributed by atoms with Gasteiger partial charge < -0.3 is 14.2 Å². The Hall–Kier alpha value is -3.84. The summed E-state index contributed by atoms with van der Waals surface area (Å²) in [5.74, 6) is 2.30. The average Bonchev–Trinajstić information content (AvgIpc) is 3.50. The Bertz CT molecular complexity index is 1210. The van der Waals surface area contributed by atoms with Gasteiger partial charge in [-0.15, -0.1) is 11.3 Å². The number of hydrazone groups is 1. The molecular formula is C24H19N3O3S. The zero-order valence-corrected chi connectivity index (χ0v) is 17.6. The Morgan fingerprint density at radius 3 is 2.61 bits per heavy atom. The molecule has 0 unspecified atom stereocenters. The first kappa shape index (κ1) is 19.1. The van der Waals surface area contributed by atoms with E-state index in [1.165, 1.54) is 11.3 Å². The number of aromatic nitrogens is 1. The molecule has 3 aromatic carbocycles. The molecule has 1 aliphatic rings. The second-order valence-corrected chi connectivity index (χ2v) is 7.58. The van der Waals surface area contributed by atoms with Crippen LogP contribution in [0.25, 0.3) is 11.3 Å². The summed E-state index contributed by atoms with van der Waals surface area (Å²) in [5.41, 5.74) is 3.75. The van der Waals surface area contributed by atoms with E-state index in [0.717, 1.165) is 44.9 Å². The Kier molecular flexibility index (Phi) is 5.24. The highest BCUT2D eigenvalue weighted by Crippen LogP contribution is 2.34. The maximum Gasteiger partial charge on any atom is 0.231 e. The highest BCUT2D eigenvalue weighted by molar-refractivity contribution is 7.14. The number of para-hydroxylation sites is 1.